The monoisotopic (exact) mass is 207 g/mol. The van der Waals surface area contributed by atoms with Crippen LogP contribution in [0.15, 0.2) is 23.5 Å². The zero-order valence-electron chi connectivity index (χ0n) is 8.32. The molecule has 1 unspecified atom stereocenters. The van der Waals surface area contributed by atoms with Crippen molar-refractivity contribution in [3.63, 3.8) is 0 Å². The Labute approximate surface area is 88.0 Å². The summed E-state index contributed by atoms with van der Waals surface area (Å²) in [6.45, 7) is 5.12. The zero-order chi connectivity index (χ0) is 9.97. The third-order valence-corrected chi connectivity index (χ3v) is 2.94. The summed E-state index contributed by atoms with van der Waals surface area (Å²) in [5.74, 6) is 0. The molecule has 0 saturated carbocycles. The van der Waals surface area contributed by atoms with Gasteiger partial charge in [0.05, 0.1) is 18.4 Å². The number of anilines is 1. The fraction of sp³-hybridized carbons (Fsp3) is 0.400. The first-order valence-electron chi connectivity index (χ1n) is 4.64. The quantitative estimate of drug-likeness (QED) is 0.767. The van der Waals surface area contributed by atoms with Gasteiger partial charge in [0.15, 0.2) is 5.17 Å². The molecule has 1 aromatic rings. The molecule has 0 bridgehead atoms. The average molecular weight is 207 g/mol. The predicted molar refractivity (Wildman–Crippen MR) is 62.0 cm³/mol. The van der Waals surface area contributed by atoms with Gasteiger partial charge >= 0.3 is 0 Å². The number of thioether (sulfide) groups is 1. The van der Waals surface area contributed by atoms with E-state index < -0.39 is 0 Å². The highest BCUT2D eigenvalue weighted by Gasteiger charge is 2.14. The van der Waals surface area contributed by atoms with Crippen LogP contribution in [0, 0.1) is 6.92 Å². The van der Waals surface area contributed by atoms with Crippen LogP contribution in [-0.4, -0.2) is 21.9 Å². The summed E-state index contributed by atoms with van der Waals surface area (Å²) in [6.07, 6.45) is 3.66. The van der Waals surface area contributed by atoms with Crippen molar-refractivity contribution in [2.24, 2.45) is 4.99 Å². The number of rotatable bonds is 1. The molecule has 14 heavy (non-hydrogen) atoms. The Morgan fingerprint density at radius 1 is 1.50 bits per heavy atom. The maximum Gasteiger partial charge on any atom is 0.161 e. The molecule has 4 heteroatoms. The van der Waals surface area contributed by atoms with Crippen molar-refractivity contribution in [1.82, 2.24) is 4.98 Å². The van der Waals surface area contributed by atoms with Crippen LogP contribution in [0.4, 0.5) is 5.69 Å². The van der Waals surface area contributed by atoms with Crippen LogP contribution < -0.4 is 5.32 Å². The molecule has 0 saturated heterocycles. The number of aromatic nitrogens is 1. The molecule has 0 spiro atoms. The van der Waals surface area contributed by atoms with Crippen LogP contribution in [0.3, 0.4) is 0 Å². The standard InChI is InChI=1S/C10H13N3S/c1-7-3-9(6-11-4-7)13-10-12-5-8(2)14-10/h3-4,6,8H,5H2,1-2H3,(H,12,13). The third-order valence-electron chi connectivity index (χ3n) is 1.93. The number of aliphatic imine (C=N–C) groups is 1. The molecule has 0 aromatic carbocycles. The van der Waals surface area contributed by atoms with E-state index in [9.17, 15) is 0 Å². The molecule has 1 aliphatic rings. The smallest absolute Gasteiger partial charge is 0.161 e. The van der Waals surface area contributed by atoms with E-state index in [-0.39, 0.29) is 0 Å². The summed E-state index contributed by atoms with van der Waals surface area (Å²) in [4.78, 5) is 8.50. The molecule has 1 aromatic heterocycles. The van der Waals surface area contributed by atoms with Crippen molar-refractivity contribution in [3.8, 4) is 0 Å². The van der Waals surface area contributed by atoms with E-state index in [1.807, 2.05) is 19.3 Å². The van der Waals surface area contributed by atoms with Crippen molar-refractivity contribution in [2.75, 3.05) is 11.9 Å². The maximum atomic E-state index is 4.38. The molecule has 2 rings (SSSR count). The van der Waals surface area contributed by atoms with Crippen molar-refractivity contribution in [2.45, 2.75) is 19.1 Å². The van der Waals surface area contributed by atoms with Crippen LogP contribution in [0.1, 0.15) is 12.5 Å². The van der Waals surface area contributed by atoms with E-state index in [1.54, 1.807) is 11.8 Å². The first-order chi connectivity index (χ1) is 6.74. The molecule has 1 aliphatic heterocycles. The first kappa shape index (κ1) is 9.52. The normalized spacial score (nSPS) is 20.7. The molecule has 74 valence electrons. The van der Waals surface area contributed by atoms with Crippen molar-refractivity contribution in [3.05, 3.63) is 24.0 Å². The summed E-state index contributed by atoms with van der Waals surface area (Å²) in [6, 6.07) is 2.07. The predicted octanol–water partition coefficient (Wildman–Crippen LogP) is 2.29. The van der Waals surface area contributed by atoms with Crippen LogP contribution in [0.2, 0.25) is 0 Å². The van der Waals surface area contributed by atoms with Gasteiger partial charge in [0.25, 0.3) is 0 Å². The number of hydrogen-bond donors (Lipinski definition) is 1. The number of hydrogen-bond acceptors (Lipinski definition) is 4. The SMILES string of the molecule is Cc1cncc(NC2=NCC(C)S2)c1. The van der Waals surface area contributed by atoms with Crippen molar-refractivity contribution >= 4 is 22.6 Å². The average Bonchev–Trinajstić information content (AvgIpc) is 2.51. The van der Waals surface area contributed by atoms with Gasteiger partial charge in [-0.05, 0) is 18.6 Å². The number of aryl methyl sites for hydroxylation is 1. The number of nitrogens with zero attached hydrogens (tertiary/aromatic N) is 2. The fourth-order valence-electron chi connectivity index (χ4n) is 1.29. The van der Waals surface area contributed by atoms with E-state index in [2.05, 4.69) is 28.3 Å². The number of amidine groups is 1. The first-order valence-corrected chi connectivity index (χ1v) is 5.52. The second kappa shape index (κ2) is 4.00. The van der Waals surface area contributed by atoms with E-state index in [0.717, 1.165) is 23.0 Å². The lowest BCUT2D eigenvalue weighted by Crippen LogP contribution is -2.06. The Kier molecular flexibility index (Phi) is 2.72. The van der Waals surface area contributed by atoms with E-state index in [0.29, 0.717) is 5.25 Å². The second-order valence-electron chi connectivity index (χ2n) is 3.45. The minimum absolute atomic E-state index is 0.593. The Bertz CT molecular complexity index is 362. The van der Waals surface area contributed by atoms with Crippen LogP contribution >= 0.6 is 11.8 Å². The Hall–Kier alpha value is -1.03. The van der Waals surface area contributed by atoms with Crippen LogP contribution in [0.5, 0.6) is 0 Å². The minimum Gasteiger partial charge on any atom is -0.334 e. The highest BCUT2D eigenvalue weighted by atomic mass is 32.2. The lowest BCUT2D eigenvalue weighted by atomic mass is 10.3. The summed E-state index contributed by atoms with van der Waals surface area (Å²) < 4.78 is 0. The fourth-order valence-corrected chi connectivity index (χ4v) is 2.15. The molecule has 0 aliphatic carbocycles. The second-order valence-corrected chi connectivity index (χ2v) is 4.88. The Balaban J connectivity index is 2.04. The molecule has 0 amide bonds. The molecule has 1 N–H and O–H groups in total. The van der Waals surface area contributed by atoms with E-state index >= 15 is 0 Å². The van der Waals surface area contributed by atoms with E-state index in [1.165, 1.54) is 0 Å². The summed E-state index contributed by atoms with van der Waals surface area (Å²) >= 11 is 1.78. The molecular weight excluding hydrogens is 194 g/mol. The van der Waals surface area contributed by atoms with Gasteiger partial charge in [-0.25, -0.2) is 0 Å². The summed E-state index contributed by atoms with van der Waals surface area (Å²) in [5, 5.41) is 4.86. The lowest BCUT2D eigenvalue weighted by Gasteiger charge is -2.05. The maximum absolute atomic E-state index is 4.38. The van der Waals surface area contributed by atoms with Crippen LogP contribution in [0.25, 0.3) is 0 Å². The highest BCUT2D eigenvalue weighted by molar-refractivity contribution is 8.15. The highest BCUT2D eigenvalue weighted by Crippen LogP contribution is 2.21. The lowest BCUT2D eigenvalue weighted by molar-refractivity contribution is 0.976. The molecule has 1 atom stereocenters. The minimum atomic E-state index is 0.593. The van der Waals surface area contributed by atoms with Crippen LogP contribution in [-0.2, 0) is 0 Å². The molecule has 3 nitrogen and oxygen atoms in total. The van der Waals surface area contributed by atoms with Gasteiger partial charge in [0, 0.05) is 11.4 Å². The molecule has 2 heterocycles. The molecule has 0 fully saturated rings. The van der Waals surface area contributed by atoms with Gasteiger partial charge in [-0.2, -0.15) is 0 Å². The van der Waals surface area contributed by atoms with Gasteiger partial charge in [0.2, 0.25) is 0 Å². The van der Waals surface area contributed by atoms with Gasteiger partial charge in [-0.15, -0.1) is 0 Å². The summed E-state index contributed by atoms with van der Waals surface area (Å²) in [5.41, 5.74) is 2.18. The molecule has 0 radical (unpaired) electrons. The third kappa shape index (κ3) is 2.26. The van der Waals surface area contributed by atoms with Gasteiger partial charge in [-0.1, -0.05) is 18.7 Å². The summed E-state index contributed by atoms with van der Waals surface area (Å²) in [7, 11) is 0. The molecular formula is C10H13N3S. The van der Waals surface area contributed by atoms with Crippen molar-refractivity contribution in [1.29, 1.82) is 0 Å². The zero-order valence-corrected chi connectivity index (χ0v) is 9.14. The van der Waals surface area contributed by atoms with Crippen molar-refractivity contribution < 1.29 is 0 Å². The van der Waals surface area contributed by atoms with E-state index in [4.69, 9.17) is 0 Å². The Morgan fingerprint density at radius 2 is 2.36 bits per heavy atom. The largest absolute Gasteiger partial charge is 0.334 e. The topological polar surface area (TPSA) is 37.3 Å². The van der Waals surface area contributed by atoms with Gasteiger partial charge < -0.3 is 5.32 Å². The van der Waals surface area contributed by atoms with Gasteiger partial charge in [0.1, 0.15) is 0 Å². The Morgan fingerprint density at radius 3 is 3.00 bits per heavy atom. The van der Waals surface area contributed by atoms with Gasteiger partial charge in [-0.3, -0.25) is 9.98 Å². The number of nitrogens with one attached hydrogen (secondary N) is 1. The number of pyridine rings is 1.